The van der Waals surface area contributed by atoms with Gasteiger partial charge in [0.15, 0.2) is 0 Å². The van der Waals surface area contributed by atoms with Gasteiger partial charge in [-0.05, 0) is 56.1 Å². The molecule has 1 saturated heterocycles. The van der Waals surface area contributed by atoms with Crippen LogP contribution in [0.4, 0.5) is 5.69 Å². The Bertz CT molecular complexity index is 709. The molecule has 1 amide bonds. The van der Waals surface area contributed by atoms with Gasteiger partial charge in [0.1, 0.15) is 11.8 Å². The smallest absolute Gasteiger partial charge is 0.246 e. The average Bonchev–Trinajstić information content (AvgIpc) is 2.64. The molecule has 4 nitrogen and oxygen atoms in total. The summed E-state index contributed by atoms with van der Waals surface area (Å²) in [6.07, 6.45) is 3.53. The highest BCUT2D eigenvalue weighted by Gasteiger charge is 2.29. The number of anilines is 1. The second kappa shape index (κ2) is 8.17. The summed E-state index contributed by atoms with van der Waals surface area (Å²) >= 11 is 0. The highest BCUT2D eigenvalue weighted by molar-refractivity contribution is 5.96. The Morgan fingerprint density at radius 3 is 2.48 bits per heavy atom. The van der Waals surface area contributed by atoms with E-state index in [4.69, 9.17) is 4.74 Å². The number of likely N-dealkylation sites (tertiary alicyclic amines) is 1. The minimum Gasteiger partial charge on any atom is -0.495 e. The van der Waals surface area contributed by atoms with Gasteiger partial charge in [0.05, 0.1) is 12.8 Å². The van der Waals surface area contributed by atoms with Crippen molar-refractivity contribution in [1.29, 1.82) is 0 Å². The minimum absolute atomic E-state index is 0.00278. The molecule has 132 valence electrons. The van der Waals surface area contributed by atoms with Crippen molar-refractivity contribution in [3.05, 3.63) is 59.7 Å². The molecule has 0 saturated carbocycles. The third-order valence-electron chi connectivity index (χ3n) is 4.73. The zero-order chi connectivity index (χ0) is 17.6. The molecule has 25 heavy (non-hydrogen) atoms. The fourth-order valence-corrected chi connectivity index (χ4v) is 3.46. The number of carbonyl (C=O) groups is 1. The topological polar surface area (TPSA) is 41.6 Å². The Morgan fingerprint density at radius 1 is 1.08 bits per heavy atom. The molecule has 2 aromatic rings. The monoisotopic (exact) mass is 338 g/mol. The number of aryl methyl sites for hydroxylation is 1. The molecule has 1 aliphatic heterocycles. The molecule has 2 aromatic carbocycles. The van der Waals surface area contributed by atoms with Gasteiger partial charge >= 0.3 is 0 Å². The van der Waals surface area contributed by atoms with Crippen molar-refractivity contribution in [3.8, 4) is 5.75 Å². The van der Waals surface area contributed by atoms with Gasteiger partial charge in [0, 0.05) is 0 Å². The van der Waals surface area contributed by atoms with Crippen molar-refractivity contribution < 1.29 is 9.53 Å². The Hall–Kier alpha value is -2.33. The van der Waals surface area contributed by atoms with Crippen molar-refractivity contribution >= 4 is 11.6 Å². The lowest BCUT2D eigenvalue weighted by Crippen LogP contribution is -2.40. The van der Waals surface area contributed by atoms with Crippen molar-refractivity contribution in [2.75, 3.05) is 25.5 Å². The molecule has 1 N–H and O–H groups in total. The zero-order valence-electron chi connectivity index (χ0n) is 15.0. The van der Waals surface area contributed by atoms with Gasteiger partial charge < -0.3 is 10.1 Å². The predicted octanol–water partition coefficient (Wildman–Crippen LogP) is 4.17. The van der Waals surface area contributed by atoms with E-state index in [-0.39, 0.29) is 11.9 Å². The summed E-state index contributed by atoms with van der Waals surface area (Å²) < 4.78 is 5.40. The van der Waals surface area contributed by atoms with E-state index in [2.05, 4.69) is 10.2 Å². The number of methoxy groups -OCH3 is 1. The molecule has 1 fully saturated rings. The van der Waals surface area contributed by atoms with E-state index in [1.54, 1.807) is 7.11 Å². The molecule has 1 atom stereocenters. The van der Waals surface area contributed by atoms with Crippen molar-refractivity contribution in [2.24, 2.45) is 0 Å². The van der Waals surface area contributed by atoms with Gasteiger partial charge in [0.25, 0.3) is 0 Å². The normalized spacial score (nSPS) is 16.2. The number of amides is 1. The van der Waals surface area contributed by atoms with Crippen LogP contribution in [-0.2, 0) is 4.79 Å². The standard InChI is InChI=1S/C21H26N2O2/c1-16-11-12-19(25-2)18(15-16)22-21(24)20(17-9-5-3-6-10-17)23-13-7-4-8-14-23/h3,5-6,9-12,15,20H,4,7-8,13-14H2,1-2H3,(H,22,24)/t20-/m1/s1. The Morgan fingerprint density at radius 2 is 1.80 bits per heavy atom. The van der Waals surface area contributed by atoms with E-state index in [1.165, 1.54) is 6.42 Å². The fraction of sp³-hybridized carbons (Fsp3) is 0.381. The molecule has 0 radical (unpaired) electrons. The van der Waals surface area contributed by atoms with Crippen LogP contribution in [0.2, 0.25) is 0 Å². The second-order valence-corrected chi connectivity index (χ2v) is 6.60. The molecular formula is C21H26N2O2. The van der Waals surface area contributed by atoms with Crippen LogP contribution < -0.4 is 10.1 Å². The highest BCUT2D eigenvalue weighted by Crippen LogP contribution is 2.29. The van der Waals surface area contributed by atoms with Crippen LogP contribution in [0.5, 0.6) is 5.75 Å². The third kappa shape index (κ3) is 4.20. The molecular weight excluding hydrogens is 312 g/mol. The summed E-state index contributed by atoms with van der Waals surface area (Å²) in [7, 11) is 1.62. The maximum Gasteiger partial charge on any atom is 0.246 e. The van der Waals surface area contributed by atoms with Crippen molar-refractivity contribution in [2.45, 2.75) is 32.2 Å². The molecule has 0 bridgehead atoms. The number of nitrogens with zero attached hydrogens (tertiary/aromatic N) is 1. The Balaban J connectivity index is 1.88. The molecule has 0 unspecified atom stereocenters. The van der Waals surface area contributed by atoms with Crippen LogP contribution in [-0.4, -0.2) is 31.0 Å². The number of benzene rings is 2. The maximum absolute atomic E-state index is 13.2. The number of carbonyl (C=O) groups excluding carboxylic acids is 1. The summed E-state index contributed by atoms with van der Waals surface area (Å²) in [5.41, 5.74) is 2.85. The molecule has 4 heteroatoms. The molecule has 3 rings (SSSR count). The number of rotatable bonds is 5. The molecule has 0 aliphatic carbocycles. The second-order valence-electron chi connectivity index (χ2n) is 6.60. The average molecular weight is 338 g/mol. The van der Waals surface area contributed by atoms with Gasteiger partial charge in [-0.25, -0.2) is 0 Å². The first kappa shape index (κ1) is 17.5. The van der Waals surface area contributed by atoms with Crippen molar-refractivity contribution in [1.82, 2.24) is 4.90 Å². The molecule has 0 aromatic heterocycles. The lowest BCUT2D eigenvalue weighted by molar-refractivity contribution is -0.122. The van der Waals surface area contributed by atoms with Gasteiger partial charge in [-0.15, -0.1) is 0 Å². The van der Waals surface area contributed by atoms with E-state index >= 15 is 0 Å². The van der Waals surface area contributed by atoms with Crippen LogP contribution in [0.15, 0.2) is 48.5 Å². The fourth-order valence-electron chi connectivity index (χ4n) is 3.46. The number of nitrogens with one attached hydrogen (secondary N) is 1. The lowest BCUT2D eigenvalue weighted by Gasteiger charge is -2.34. The molecule has 1 heterocycles. The van der Waals surface area contributed by atoms with Gasteiger partial charge in [-0.3, -0.25) is 9.69 Å². The first-order valence-electron chi connectivity index (χ1n) is 8.93. The zero-order valence-corrected chi connectivity index (χ0v) is 15.0. The van der Waals surface area contributed by atoms with Gasteiger partial charge in [-0.2, -0.15) is 0 Å². The minimum atomic E-state index is -0.272. The highest BCUT2D eigenvalue weighted by atomic mass is 16.5. The summed E-state index contributed by atoms with van der Waals surface area (Å²) in [5.74, 6) is 0.682. The van der Waals surface area contributed by atoms with E-state index < -0.39 is 0 Å². The Kier molecular flexibility index (Phi) is 5.71. The first-order valence-corrected chi connectivity index (χ1v) is 8.93. The van der Waals surface area contributed by atoms with E-state index in [0.717, 1.165) is 42.7 Å². The van der Waals surface area contributed by atoms with Crippen LogP contribution >= 0.6 is 0 Å². The van der Waals surface area contributed by atoms with Gasteiger partial charge in [0.2, 0.25) is 5.91 Å². The van der Waals surface area contributed by atoms with Crippen LogP contribution in [0, 0.1) is 6.92 Å². The van der Waals surface area contributed by atoms with E-state index in [1.807, 2.05) is 55.5 Å². The van der Waals surface area contributed by atoms with E-state index in [9.17, 15) is 4.79 Å². The first-order chi connectivity index (χ1) is 12.2. The number of ether oxygens (including phenoxy) is 1. The lowest BCUT2D eigenvalue weighted by atomic mass is 10.0. The maximum atomic E-state index is 13.2. The van der Waals surface area contributed by atoms with Crippen molar-refractivity contribution in [3.63, 3.8) is 0 Å². The molecule has 0 spiro atoms. The summed E-state index contributed by atoms with van der Waals surface area (Å²) in [4.78, 5) is 15.5. The molecule has 1 aliphatic rings. The quantitative estimate of drug-likeness (QED) is 0.890. The summed E-state index contributed by atoms with van der Waals surface area (Å²) in [6, 6.07) is 15.6. The Labute approximate surface area is 149 Å². The van der Waals surface area contributed by atoms with Crippen LogP contribution in [0.25, 0.3) is 0 Å². The van der Waals surface area contributed by atoms with E-state index in [0.29, 0.717) is 5.75 Å². The third-order valence-corrected chi connectivity index (χ3v) is 4.73. The number of hydrogen-bond donors (Lipinski definition) is 1. The van der Waals surface area contributed by atoms with Crippen LogP contribution in [0.1, 0.15) is 36.4 Å². The number of piperidine rings is 1. The largest absolute Gasteiger partial charge is 0.495 e. The SMILES string of the molecule is COc1ccc(C)cc1NC(=O)[C@@H](c1ccccc1)N1CCCCC1. The van der Waals surface area contributed by atoms with Gasteiger partial charge in [-0.1, -0.05) is 42.8 Å². The number of hydrogen-bond acceptors (Lipinski definition) is 3. The predicted molar refractivity (Wildman–Crippen MR) is 101 cm³/mol. The van der Waals surface area contributed by atoms with Crippen LogP contribution in [0.3, 0.4) is 0 Å². The summed E-state index contributed by atoms with van der Waals surface area (Å²) in [5, 5.41) is 3.09. The summed E-state index contributed by atoms with van der Waals surface area (Å²) in [6.45, 7) is 3.92.